The van der Waals surface area contributed by atoms with Crippen LogP contribution >= 0.6 is 0 Å². The first kappa shape index (κ1) is 17.9. The molecule has 0 bridgehead atoms. The third-order valence-electron chi connectivity index (χ3n) is 5.23. The zero-order valence-electron chi connectivity index (χ0n) is 15.6. The SMILES string of the molecule is COc1cccc2c1OC[C@@H](CNc1nccc(N3CCC(O)CC3)n1)C2. The number of aliphatic hydroxyl groups excluding tert-OH is 1. The molecule has 3 heterocycles. The maximum Gasteiger partial charge on any atom is 0.224 e. The van der Waals surface area contributed by atoms with Gasteiger partial charge >= 0.3 is 0 Å². The van der Waals surface area contributed by atoms with Gasteiger partial charge < -0.3 is 24.8 Å². The van der Waals surface area contributed by atoms with Gasteiger partial charge in [-0.05, 0) is 37.0 Å². The Hall–Kier alpha value is -2.54. The Morgan fingerprint density at radius 3 is 2.96 bits per heavy atom. The predicted molar refractivity (Wildman–Crippen MR) is 104 cm³/mol. The van der Waals surface area contributed by atoms with E-state index in [9.17, 15) is 5.11 Å². The minimum atomic E-state index is -0.187. The normalized spacial score (nSPS) is 19.9. The van der Waals surface area contributed by atoms with Crippen LogP contribution in [0.1, 0.15) is 18.4 Å². The zero-order chi connectivity index (χ0) is 18.6. The molecule has 0 radical (unpaired) electrons. The number of nitrogens with one attached hydrogen (secondary N) is 1. The maximum absolute atomic E-state index is 9.67. The van der Waals surface area contributed by atoms with E-state index in [1.807, 2.05) is 18.2 Å². The van der Waals surface area contributed by atoms with Crippen molar-refractivity contribution >= 4 is 11.8 Å². The lowest BCUT2D eigenvalue weighted by Gasteiger charge is -2.30. The minimum absolute atomic E-state index is 0.187. The summed E-state index contributed by atoms with van der Waals surface area (Å²) in [5.74, 6) is 3.55. The molecule has 7 nitrogen and oxygen atoms in total. The molecule has 0 unspecified atom stereocenters. The van der Waals surface area contributed by atoms with Crippen LogP contribution in [0.15, 0.2) is 30.5 Å². The molecule has 1 atom stereocenters. The lowest BCUT2D eigenvalue weighted by Crippen LogP contribution is -2.36. The van der Waals surface area contributed by atoms with Crippen molar-refractivity contribution in [2.75, 3.05) is 43.6 Å². The van der Waals surface area contributed by atoms with E-state index >= 15 is 0 Å². The Morgan fingerprint density at radius 2 is 2.15 bits per heavy atom. The van der Waals surface area contributed by atoms with E-state index in [0.717, 1.165) is 56.2 Å². The molecule has 0 aliphatic carbocycles. The molecule has 7 heteroatoms. The highest BCUT2D eigenvalue weighted by Gasteiger charge is 2.23. The van der Waals surface area contributed by atoms with E-state index in [1.54, 1.807) is 13.3 Å². The summed E-state index contributed by atoms with van der Waals surface area (Å²) < 4.78 is 11.3. The van der Waals surface area contributed by atoms with Crippen LogP contribution in [0.3, 0.4) is 0 Å². The van der Waals surface area contributed by atoms with Crippen LogP contribution in [0.25, 0.3) is 0 Å². The van der Waals surface area contributed by atoms with Gasteiger partial charge in [0.15, 0.2) is 11.5 Å². The number of hydrogen-bond donors (Lipinski definition) is 2. The van der Waals surface area contributed by atoms with Crippen molar-refractivity contribution in [1.29, 1.82) is 0 Å². The number of benzene rings is 1. The Balaban J connectivity index is 1.36. The van der Waals surface area contributed by atoms with E-state index in [1.165, 1.54) is 5.56 Å². The first-order valence-corrected chi connectivity index (χ1v) is 9.51. The lowest BCUT2D eigenvalue weighted by molar-refractivity contribution is 0.145. The first-order valence-electron chi connectivity index (χ1n) is 9.51. The summed E-state index contributed by atoms with van der Waals surface area (Å²) in [6.07, 6.45) is 4.11. The third-order valence-corrected chi connectivity index (χ3v) is 5.23. The zero-order valence-corrected chi connectivity index (χ0v) is 15.6. The number of aliphatic hydroxyl groups is 1. The van der Waals surface area contributed by atoms with Crippen LogP contribution in [-0.2, 0) is 6.42 Å². The molecule has 0 amide bonds. The molecule has 4 rings (SSSR count). The maximum atomic E-state index is 9.67. The van der Waals surface area contributed by atoms with Crippen molar-refractivity contribution < 1.29 is 14.6 Å². The number of methoxy groups -OCH3 is 1. The van der Waals surface area contributed by atoms with Crippen molar-refractivity contribution in [2.24, 2.45) is 5.92 Å². The number of anilines is 2. The van der Waals surface area contributed by atoms with Crippen LogP contribution in [0.4, 0.5) is 11.8 Å². The molecule has 27 heavy (non-hydrogen) atoms. The van der Waals surface area contributed by atoms with Crippen LogP contribution in [0, 0.1) is 5.92 Å². The van der Waals surface area contributed by atoms with E-state index in [4.69, 9.17) is 9.47 Å². The van der Waals surface area contributed by atoms with Gasteiger partial charge in [0.1, 0.15) is 5.82 Å². The second-order valence-electron chi connectivity index (χ2n) is 7.17. The molecule has 1 aromatic heterocycles. The van der Waals surface area contributed by atoms with Crippen LogP contribution < -0.4 is 19.7 Å². The van der Waals surface area contributed by atoms with Crippen molar-refractivity contribution in [3.8, 4) is 11.5 Å². The summed E-state index contributed by atoms with van der Waals surface area (Å²) in [5.41, 5.74) is 1.17. The minimum Gasteiger partial charge on any atom is -0.493 e. The average molecular weight is 370 g/mol. The highest BCUT2D eigenvalue weighted by Crippen LogP contribution is 2.36. The van der Waals surface area contributed by atoms with Crippen molar-refractivity contribution in [2.45, 2.75) is 25.4 Å². The summed E-state index contributed by atoms with van der Waals surface area (Å²) in [5, 5.41) is 13.0. The molecule has 1 fully saturated rings. The highest BCUT2D eigenvalue weighted by molar-refractivity contribution is 5.48. The molecule has 2 aromatic rings. The van der Waals surface area contributed by atoms with Crippen molar-refractivity contribution in [1.82, 2.24) is 9.97 Å². The molecule has 2 aliphatic heterocycles. The van der Waals surface area contributed by atoms with Gasteiger partial charge in [0.2, 0.25) is 5.95 Å². The number of piperidine rings is 1. The van der Waals surface area contributed by atoms with E-state index < -0.39 is 0 Å². The molecular weight excluding hydrogens is 344 g/mol. The number of hydrogen-bond acceptors (Lipinski definition) is 7. The quantitative estimate of drug-likeness (QED) is 0.834. The highest BCUT2D eigenvalue weighted by atomic mass is 16.5. The first-order chi connectivity index (χ1) is 13.2. The summed E-state index contributed by atoms with van der Waals surface area (Å²) >= 11 is 0. The number of nitrogens with zero attached hydrogens (tertiary/aromatic N) is 3. The fraction of sp³-hybridized carbons (Fsp3) is 0.500. The Kier molecular flexibility index (Phi) is 5.29. The molecular formula is C20H26N4O3. The molecule has 0 spiro atoms. The molecule has 2 N–H and O–H groups in total. The summed E-state index contributed by atoms with van der Waals surface area (Å²) in [4.78, 5) is 11.2. The van der Waals surface area contributed by atoms with Gasteiger partial charge in [-0.25, -0.2) is 4.98 Å². The van der Waals surface area contributed by atoms with Gasteiger partial charge in [0.25, 0.3) is 0 Å². The van der Waals surface area contributed by atoms with Gasteiger partial charge in [0.05, 0.1) is 19.8 Å². The molecule has 144 valence electrons. The number of rotatable bonds is 5. The van der Waals surface area contributed by atoms with Gasteiger partial charge in [-0.1, -0.05) is 12.1 Å². The average Bonchev–Trinajstić information content (AvgIpc) is 2.72. The number of aromatic nitrogens is 2. The number of para-hydroxylation sites is 1. The Bertz CT molecular complexity index is 778. The van der Waals surface area contributed by atoms with Gasteiger partial charge in [0, 0.05) is 31.7 Å². The van der Waals surface area contributed by atoms with Gasteiger partial charge in [-0.2, -0.15) is 4.98 Å². The second-order valence-corrected chi connectivity index (χ2v) is 7.17. The molecule has 1 saturated heterocycles. The number of ether oxygens (including phenoxy) is 2. The van der Waals surface area contributed by atoms with Crippen molar-refractivity contribution in [3.05, 3.63) is 36.0 Å². The largest absolute Gasteiger partial charge is 0.493 e. The summed E-state index contributed by atoms with van der Waals surface area (Å²) in [7, 11) is 1.67. The van der Waals surface area contributed by atoms with E-state index in [2.05, 4.69) is 26.3 Å². The monoisotopic (exact) mass is 370 g/mol. The summed E-state index contributed by atoms with van der Waals surface area (Å²) in [6.45, 7) is 3.04. The van der Waals surface area contributed by atoms with Crippen LogP contribution in [0.5, 0.6) is 11.5 Å². The Labute approximate surface area is 159 Å². The van der Waals surface area contributed by atoms with Gasteiger partial charge in [-0.3, -0.25) is 0 Å². The predicted octanol–water partition coefficient (Wildman–Crippen LogP) is 2.11. The molecule has 2 aliphatic rings. The molecule has 1 aromatic carbocycles. The van der Waals surface area contributed by atoms with E-state index in [-0.39, 0.29) is 6.10 Å². The summed E-state index contributed by atoms with van der Waals surface area (Å²) in [6, 6.07) is 7.94. The smallest absolute Gasteiger partial charge is 0.224 e. The van der Waals surface area contributed by atoms with Crippen LogP contribution in [-0.4, -0.2) is 54.5 Å². The van der Waals surface area contributed by atoms with Gasteiger partial charge in [-0.15, -0.1) is 0 Å². The fourth-order valence-corrected chi connectivity index (χ4v) is 3.69. The van der Waals surface area contributed by atoms with Crippen LogP contribution in [0.2, 0.25) is 0 Å². The molecule has 0 saturated carbocycles. The van der Waals surface area contributed by atoms with E-state index in [0.29, 0.717) is 18.5 Å². The second kappa shape index (κ2) is 8.00. The lowest BCUT2D eigenvalue weighted by atomic mass is 9.96. The topological polar surface area (TPSA) is 79.7 Å². The van der Waals surface area contributed by atoms with Crippen molar-refractivity contribution in [3.63, 3.8) is 0 Å². The third kappa shape index (κ3) is 4.08. The Morgan fingerprint density at radius 1 is 1.30 bits per heavy atom. The standard InChI is InChI=1S/C20H26N4O3/c1-26-17-4-2-3-15-11-14(13-27-19(15)17)12-22-20-21-8-5-18(23-20)24-9-6-16(25)7-10-24/h2-5,8,14,16,25H,6-7,9-13H2,1H3,(H,21,22,23)/t14-/m1/s1. The number of fused-ring (bicyclic) bond motifs is 1. The fourth-order valence-electron chi connectivity index (χ4n) is 3.69.